The molecule has 0 saturated heterocycles. The first-order valence-electron chi connectivity index (χ1n) is 41.5. The van der Waals surface area contributed by atoms with Crippen LogP contribution in [-0.2, 0) is 47.3 Å². The molecule has 592 valence electrons. The van der Waals surface area contributed by atoms with Crippen molar-refractivity contribution in [3.63, 3.8) is 0 Å². The maximum absolute atomic E-state index is 4.53. The van der Waals surface area contributed by atoms with Crippen LogP contribution in [0, 0.1) is 55.4 Å². The van der Waals surface area contributed by atoms with Gasteiger partial charge in [0.15, 0.2) is 0 Å². The van der Waals surface area contributed by atoms with Crippen LogP contribution in [0.1, 0.15) is 303 Å². The van der Waals surface area contributed by atoms with E-state index in [0.717, 1.165) is 95.6 Å². The minimum Gasteiger partial charge on any atom is -0.219 e. The van der Waals surface area contributed by atoms with Gasteiger partial charge < -0.3 is 0 Å². The van der Waals surface area contributed by atoms with E-state index >= 15 is 0 Å². The molecule has 0 N–H and O–H groups in total. The van der Waals surface area contributed by atoms with Crippen molar-refractivity contribution in [3.05, 3.63) is 307 Å². The van der Waals surface area contributed by atoms with Gasteiger partial charge in [0.2, 0.25) is 0 Å². The van der Waals surface area contributed by atoms with E-state index in [4.69, 9.17) is 0 Å². The molecule has 4 heterocycles. The topological polar surface area (TPSA) is 155 Å². The van der Waals surface area contributed by atoms with E-state index < -0.39 is 0 Å². The van der Waals surface area contributed by atoms with Gasteiger partial charge in [-0.3, -0.25) is 0 Å². The van der Waals surface area contributed by atoms with Gasteiger partial charge in [0, 0.05) is 47.3 Å². The molecule has 4 aliphatic rings. The fourth-order valence-electron chi connectivity index (χ4n) is 15.6. The summed E-state index contributed by atoms with van der Waals surface area (Å²) in [5, 5.41) is 0. The van der Waals surface area contributed by atoms with Crippen LogP contribution >= 0.6 is 0 Å². The molecule has 0 atom stereocenters. The number of benzene rings is 8. The standard InChI is InChI=1S/4C21H21N3.8C2H6/c1-13-22-14(2)24-19(23-13)12-15-8-7-10-17-16-9-5-6-11-18(16)21(3,4)20(15)17;1-13-22-14(2)24-19(23-13)12-15-8-7-11-18-20(15)16-9-5-6-10-17(16)21(18,3)4;1-13-22-14(2)24-20(23-13)12-15-9-10-19-17(11-15)16-7-5-6-8-18(16)21(19,3)4;1-13-22-14(2)24-20(23-13)12-15-9-10-17-16-7-5-6-8-18(16)21(3,4)19(17)11-15;8*1-2/h4*5-11H,12H2,1-4H3;8*1-2H3. The average molecular weight is 1500 g/mol. The Hall–Kier alpha value is -10.2. The molecule has 12 heteroatoms. The second-order valence-corrected chi connectivity index (χ2v) is 28.2. The molecule has 0 spiro atoms. The van der Waals surface area contributed by atoms with Gasteiger partial charge in [0.25, 0.3) is 0 Å². The van der Waals surface area contributed by atoms with Gasteiger partial charge >= 0.3 is 0 Å². The lowest BCUT2D eigenvalue weighted by atomic mass is 9.79. The van der Waals surface area contributed by atoms with E-state index in [-0.39, 0.29) is 21.7 Å². The summed E-state index contributed by atoms with van der Waals surface area (Å²) in [5.74, 6) is 9.64. The number of nitrogens with zero attached hydrogens (tertiary/aromatic N) is 12. The number of aromatic nitrogens is 12. The Balaban J connectivity index is 0.000000251. The third-order valence-electron chi connectivity index (χ3n) is 19.7. The molecular weight excluding hydrogens is 1370 g/mol. The lowest BCUT2D eigenvalue weighted by Gasteiger charge is -2.24. The second-order valence-electron chi connectivity index (χ2n) is 28.2. The summed E-state index contributed by atoms with van der Waals surface area (Å²) in [6.07, 6.45) is 2.95. The number of hydrogen-bond donors (Lipinski definition) is 0. The van der Waals surface area contributed by atoms with Crippen molar-refractivity contribution in [3.8, 4) is 44.5 Å². The molecule has 0 bridgehead atoms. The quantitative estimate of drug-likeness (QED) is 0.142. The van der Waals surface area contributed by atoms with Crippen LogP contribution in [-0.4, -0.2) is 59.8 Å². The fourth-order valence-corrected chi connectivity index (χ4v) is 15.6. The third kappa shape index (κ3) is 20.9. The van der Waals surface area contributed by atoms with Gasteiger partial charge in [-0.1, -0.05) is 336 Å². The van der Waals surface area contributed by atoms with Crippen molar-refractivity contribution >= 4 is 0 Å². The summed E-state index contributed by atoms with van der Waals surface area (Å²) in [4.78, 5) is 53.1. The SMILES string of the molecule is CC.CC.CC.CC.CC.CC.CC.CC.Cc1nc(C)nc(Cc2ccc3c(c2)-c2ccccc2C3(C)C)n1.Cc1nc(C)nc(Cc2ccc3c(c2)C(C)(C)c2ccccc2-3)n1.Cc1nc(C)nc(Cc2cccc3c2-c2ccccc2C3(C)C)n1.Cc1nc(C)nc(Cc2cccc3c2C(C)(C)c2ccccc2-3)n1. The summed E-state index contributed by atoms with van der Waals surface area (Å²) in [6, 6.07) is 61.6. The molecule has 0 radical (unpaired) electrons. The Morgan fingerprint density at radius 3 is 0.902 bits per heavy atom. The Labute approximate surface area is 675 Å². The Bertz CT molecular complexity index is 4930. The van der Waals surface area contributed by atoms with Crippen LogP contribution < -0.4 is 0 Å². The highest BCUT2D eigenvalue weighted by Gasteiger charge is 2.40. The third-order valence-corrected chi connectivity index (χ3v) is 19.7. The smallest absolute Gasteiger partial charge is 0.136 e. The van der Waals surface area contributed by atoms with Crippen molar-refractivity contribution < 1.29 is 0 Å². The minimum atomic E-state index is -0.000357. The summed E-state index contributed by atoms with van der Waals surface area (Å²) in [6.45, 7) is 65.8. The summed E-state index contributed by atoms with van der Waals surface area (Å²) >= 11 is 0. The molecule has 16 rings (SSSR count). The molecule has 0 unspecified atom stereocenters. The zero-order valence-electron chi connectivity index (χ0n) is 74.4. The molecule has 0 fully saturated rings. The molecule has 8 aromatic carbocycles. The van der Waals surface area contributed by atoms with Gasteiger partial charge in [-0.25, -0.2) is 59.8 Å². The van der Waals surface area contributed by atoms with Gasteiger partial charge in [0.1, 0.15) is 69.9 Å². The van der Waals surface area contributed by atoms with E-state index in [9.17, 15) is 0 Å². The molecule has 4 aromatic heterocycles. The highest BCUT2D eigenvalue weighted by Crippen LogP contribution is 2.53. The first kappa shape index (κ1) is 92.4. The van der Waals surface area contributed by atoms with Crippen molar-refractivity contribution in [2.24, 2.45) is 0 Å². The highest BCUT2D eigenvalue weighted by atomic mass is 15.0. The van der Waals surface area contributed by atoms with Crippen LogP contribution in [0.4, 0.5) is 0 Å². The van der Waals surface area contributed by atoms with Crippen molar-refractivity contribution in [1.29, 1.82) is 0 Å². The van der Waals surface area contributed by atoms with E-state index in [1.165, 1.54) is 111 Å². The fraction of sp³-hybridized carbons (Fsp3) is 0.400. The maximum Gasteiger partial charge on any atom is 0.136 e. The number of fused-ring (bicyclic) bond motifs is 12. The van der Waals surface area contributed by atoms with Crippen LogP contribution in [0.3, 0.4) is 0 Å². The van der Waals surface area contributed by atoms with Gasteiger partial charge in [-0.05, 0) is 167 Å². The minimum absolute atomic E-state index is 0.000357. The van der Waals surface area contributed by atoms with Crippen LogP contribution in [0.5, 0.6) is 0 Å². The van der Waals surface area contributed by atoms with Crippen molar-refractivity contribution in [2.45, 2.75) is 269 Å². The number of aryl methyl sites for hydroxylation is 8. The Kier molecular flexibility index (Phi) is 35.0. The maximum atomic E-state index is 4.53. The van der Waals surface area contributed by atoms with Crippen molar-refractivity contribution in [2.75, 3.05) is 0 Å². The summed E-state index contributed by atoms with van der Waals surface area (Å²) in [7, 11) is 0. The average Bonchev–Trinajstić information content (AvgIpc) is 1.58. The van der Waals surface area contributed by atoms with Gasteiger partial charge in [-0.15, -0.1) is 0 Å². The van der Waals surface area contributed by atoms with Gasteiger partial charge in [0.05, 0.1) is 0 Å². The van der Waals surface area contributed by atoms with Crippen LogP contribution in [0.2, 0.25) is 0 Å². The predicted molar refractivity (Wildman–Crippen MR) is 475 cm³/mol. The molecule has 4 aliphatic carbocycles. The monoisotopic (exact) mass is 1500 g/mol. The van der Waals surface area contributed by atoms with Crippen molar-refractivity contribution in [1.82, 2.24) is 59.8 Å². The largest absolute Gasteiger partial charge is 0.219 e. The molecule has 0 amide bonds. The first-order valence-corrected chi connectivity index (χ1v) is 41.5. The lowest BCUT2D eigenvalue weighted by Crippen LogP contribution is -2.18. The number of hydrogen-bond acceptors (Lipinski definition) is 12. The molecule has 0 aliphatic heterocycles. The second kappa shape index (κ2) is 42.4. The summed E-state index contributed by atoms with van der Waals surface area (Å²) < 4.78 is 0. The zero-order valence-corrected chi connectivity index (χ0v) is 74.4. The van der Waals surface area contributed by atoms with Gasteiger partial charge in [-0.2, -0.15) is 0 Å². The first-order chi connectivity index (χ1) is 53.8. The molecular formula is C100H132N12. The Morgan fingerprint density at radius 2 is 0.473 bits per heavy atom. The lowest BCUT2D eigenvalue weighted by molar-refractivity contribution is 0.651. The number of rotatable bonds is 8. The highest BCUT2D eigenvalue weighted by molar-refractivity contribution is 5.85. The molecule has 12 nitrogen and oxygen atoms in total. The van der Waals surface area contributed by atoms with E-state index in [1.807, 2.05) is 166 Å². The molecule has 12 aromatic rings. The van der Waals surface area contributed by atoms with E-state index in [1.54, 1.807) is 0 Å². The Morgan fingerprint density at radius 1 is 0.205 bits per heavy atom. The van der Waals surface area contributed by atoms with Crippen LogP contribution in [0.25, 0.3) is 44.5 Å². The van der Waals surface area contributed by atoms with E-state index in [0.29, 0.717) is 0 Å². The molecule has 112 heavy (non-hydrogen) atoms. The summed E-state index contributed by atoms with van der Waals surface area (Å²) in [5.41, 5.74) is 27.2. The normalized spacial score (nSPS) is 12.7. The van der Waals surface area contributed by atoms with Crippen LogP contribution in [0.15, 0.2) is 170 Å². The zero-order chi connectivity index (χ0) is 83.6. The predicted octanol–water partition coefficient (Wildman–Crippen LogP) is 25.8. The molecule has 0 saturated carbocycles. The van der Waals surface area contributed by atoms with E-state index in [2.05, 4.69) is 285 Å².